The molecule has 0 aromatic carbocycles. The Labute approximate surface area is 175 Å². The molecule has 4 N–H and O–H groups in total. The van der Waals surface area contributed by atoms with Gasteiger partial charge in [0, 0.05) is 19.2 Å². The van der Waals surface area contributed by atoms with Crippen molar-refractivity contribution in [2.24, 2.45) is 0 Å². The average Bonchev–Trinajstić information content (AvgIpc) is 3.46. The van der Waals surface area contributed by atoms with Crippen molar-refractivity contribution in [3.63, 3.8) is 0 Å². The number of aliphatic hydroxyl groups is 2. The van der Waals surface area contributed by atoms with Crippen LogP contribution in [0.2, 0.25) is 0 Å². The molecule has 4 rings (SSSR count). The lowest BCUT2D eigenvalue weighted by Gasteiger charge is -2.24. The summed E-state index contributed by atoms with van der Waals surface area (Å²) in [6.07, 6.45) is 1.43. The summed E-state index contributed by atoms with van der Waals surface area (Å²) in [4.78, 5) is 8.61. The van der Waals surface area contributed by atoms with E-state index in [4.69, 9.17) is 0 Å². The Bertz CT molecular complexity index is 1070. The van der Waals surface area contributed by atoms with Gasteiger partial charge in [-0.1, -0.05) is 0 Å². The van der Waals surface area contributed by atoms with Gasteiger partial charge in [-0.2, -0.15) is 42.3 Å². The molecule has 29 heavy (non-hydrogen) atoms. The lowest BCUT2D eigenvalue weighted by Crippen LogP contribution is -2.31. The van der Waals surface area contributed by atoms with E-state index in [1.807, 2.05) is 33.7 Å². The van der Waals surface area contributed by atoms with Gasteiger partial charge < -0.3 is 20.8 Å². The quantitative estimate of drug-likeness (QED) is 0.340. The van der Waals surface area contributed by atoms with Gasteiger partial charge in [0.15, 0.2) is 0 Å². The summed E-state index contributed by atoms with van der Waals surface area (Å²) >= 11 is 3.09. The predicted octanol–water partition coefficient (Wildman–Crippen LogP) is 2.89. The molecule has 0 aliphatic rings. The average molecular weight is 431 g/mol. The van der Waals surface area contributed by atoms with E-state index in [1.54, 1.807) is 47.1 Å². The summed E-state index contributed by atoms with van der Waals surface area (Å²) in [5, 5.41) is 39.9. The standard InChI is InChI=1S/C19H22N6O2S2/c1-18(26,13-3-5-28-8-13)10-20-15-7-16(25-17(24-15)22-12-23-25)21-11-19(2,27)14-4-6-29-9-14/h3-9,12,21,26-27H,10-11H2,1-2H3,(H,20,22,23,24). The van der Waals surface area contributed by atoms with E-state index in [2.05, 4.69) is 25.7 Å². The molecule has 0 aliphatic heterocycles. The third kappa shape index (κ3) is 4.25. The van der Waals surface area contributed by atoms with E-state index in [-0.39, 0.29) is 13.1 Å². The molecule has 2 unspecified atom stereocenters. The van der Waals surface area contributed by atoms with Crippen molar-refractivity contribution in [2.75, 3.05) is 23.7 Å². The molecule has 4 heterocycles. The number of hydrogen-bond acceptors (Lipinski definition) is 9. The van der Waals surface area contributed by atoms with Crippen LogP contribution in [0.15, 0.2) is 46.0 Å². The molecule has 0 spiro atoms. The zero-order valence-electron chi connectivity index (χ0n) is 16.0. The molecule has 4 aromatic rings. The van der Waals surface area contributed by atoms with Gasteiger partial charge in [0.25, 0.3) is 5.78 Å². The second-order valence-corrected chi connectivity index (χ2v) is 8.84. The second kappa shape index (κ2) is 7.71. The maximum Gasteiger partial charge on any atom is 0.256 e. The van der Waals surface area contributed by atoms with Gasteiger partial charge >= 0.3 is 0 Å². The van der Waals surface area contributed by atoms with Crippen LogP contribution in [0.1, 0.15) is 25.0 Å². The fraction of sp³-hybridized carbons (Fsp3) is 0.316. The molecule has 0 radical (unpaired) electrons. The van der Waals surface area contributed by atoms with E-state index >= 15 is 0 Å². The molecule has 0 bridgehead atoms. The number of anilines is 2. The number of nitrogens with zero attached hydrogens (tertiary/aromatic N) is 4. The Balaban J connectivity index is 1.53. The highest BCUT2D eigenvalue weighted by Gasteiger charge is 2.25. The molecule has 152 valence electrons. The van der Waals surface area contributed by atoms with Crippen LogP contribution in [0.4, 0.5) is 11.6 Å². The molecule has 8 nitrogen and oxygen atoms in total. The molecular weight excluding hydrogens is 408 g/mol. The Morgan fingerprint density at radius 3 is 2.21 bits per heavy atom. The van der Waals surface area contributed by atoms with Crippen molar-refractivity contribution in [3.05, 3.63) is 57.2 Å². The third-order valence-electron chi connectivity index (χ3n) is 4.77. The predicted molar refractivity (Wildman–Crippen MR) is 116 cm³/mol. The van der Waals surface area contributed by atoms with Crippen molar-refractivity contribution in [1.82, 2.24) is 19.6 Å². The van der Waals surface area contributed by atoms with Crippen LogP contribution in [0.25, 0.3) is 5.78 Å². The van der Waals surface area contributed by atoms with E-state index < -0.39 is 11.2 Å². The van der Waals surface area contributed by atoms with E-state index in [0.29, 0.717) is 17.4 Å². The Morgan fingerprint density at radius 1 is 1.00 bits per heavy atom. The Kier molecular flexibility index (Phi) is 5.26. The summed E-state index contributed by atoms with van der Waals surface area (Å²) in [6.45, 7) is 4.09. The largest absolute Gasteiger partial charge is 0.384 e. The van der Waals surface area contributed by atoms with E-state index in [0.717, 1.165) is 11.1 Å². The molecule has 0 aliphatic carbocycles. The van der Waals surface area contributed by atoms with Crippen LogP contribution in [-0.2, 0) is 11.2 Å². The molecule has 2 atom stereocenters. The Morgan fingerprint density at radius 2 is 1.62 bits per heavy atom. The van der Waals surface area contributed by atoms with Crippen molar-refractivity contribution < 1.29 is 10.2 Å². The molecule has 0 amide bonds. The maximum absolute atomic E-state index is 10.8. The highest BCUT2D eigenvalue weighted by Crippen LogP contribution is 2.26. The van der Waals surface area contributed by atoms with Crippen molar-refractivity contribution in [2.45, 2.75) is 25.0 Å². The maximum atomic E-state index is 10.8. The third-order valence-corrected chi connectivity index (χ3v) is 6.13. The minimum atomic E-state index is -1.04. The number of nitrogens with one attached hydrogen (secondary N) is 2. The topological polar surface area (TPSA) is 108 Å². The van der Waals surface area contributed by atoms with Crippen LogP contribution >= 0.6 is 22.7 Å². The van der Waals surface area contributed by atoms with Gasteiger partial charge in [-0.25, -0.2) is 0 Å². The van der Waals surface area contributed by atoms with Gasteiger partial charge in [0.05, 0.1) is 0 Å². The normalized spacial score (nSPS) is 15.7. The summed E-state index contributed by atoms with van der Waals surface area (Å²) in [5.41, 5.74) is -0.364. The minimum Gasteiger partial charge on any atom is -0.384 e. The lowest BCUT2D eigenvalue weighted by molar-refractivity contribution is 0.0716. The summed E-state index contributed by atoms with van der Waals surface area (Å²) in [6, 6.07) is 5.60. The highest BCUT2D eigenvalue weighted by atomic mass is 32.1. The van der Waals surface area contributed by atoms with Gasteiger partial charge in [-0.15, -0.1) is 0 Å². The molecular formula is C19H22N6O2S2. The molecule has 4 aromatic heterocycles. The minimum absolute atomic E-state index is 0.285. The lowest BCUT2D eigenvalue weighted by atomic mass is 9.99. The van der Waals surface area contributed by atoms with Gasteiger partial charge in [0.1, 0.15) is 29.2 Å². The fourth-order valence-electron chi connectivity index (χ4n) is 2.90. The van der Waals surface area contributed by atoms with E-state index in [9.17, 15) is 10.2 Å². The zero-order chi connectivity index (χ0) is 20.5. The summed E-state index contributed by atoms with van der Waals surface area (Å²) in [7, 11) is 0. The first-order chi connectivity index (χ1) is 13.9. The van der Waals surface area contributed by atoms with Gasteiger partial charge in [0.2, 0.25) is 0 Å². The number of aromatic nitrogens is 4. The van der Waals surface area contributed by atoms with Crippen LogP contribution in [0.3, 0.4) is 0 Å². The first-order valence-electron chi connectivity index (χ1n) is 9.04. The van der Waals surface area contributed by atoms with Crippen LogP contribution in [-0.4, -0.2) is 42.9 Å². The molecule has 0 fully saturated rings. The second-order valence-electron chi connectivity index (χ2n) is 7.28. The Hall–Kier alpha value is -2.53. The van der Waals surface area contributed by atoms with Crippen molar-refractivity contribution >= 4 is 40.1 Å². The van der Waals surface area contributed by atoms with Crippen LogP contribution in [0, 0.1) is 0 Å². The number of rotatable bonds is 8. The highest BCUT2D eigenvalue weighted by molar-refractivity contribution is 7.08. The van der Waals surface area contributed by atoms with Crippen molar-refractivity contribution in [1.29, 1.82) is 0 Å². The number of hydrogen-bond donors (Lipinski definition) is 4. The summed E-state index contributed by atoms with van der Waals surface area (Å²) < 4.78 is 1.58. The SMILES string of the molecule is CC(O)(CNc1cc(NCC(C)(O)c2ccsc2)n2ncnc2n1)c1ccsc1. The molecule has 0 saturated heterocycles. The molecule has 0 saturated carbocycles. The first kappa shape index (κ1) is 19.8. The van der Waals surface area contributed by atoms with Crippen LogP contribution in [0.5, 0.6) is 0 Å². The van der Waals surface area contributed by atoms with Crippen LogP contribution < -0.4 is 10.6 Å². The zero-order valence-corrected chi connectivity index (χ0v) is 17.7. The van der Waals surface area contributed by atoms with Crippen molar-refractivity contribution in [3.8, 4) is 0 Å². The first-order valence-corrected chi connectivity index (χ1v) is 10.9. The fourth-order valence-corrected chi connectivity index (χ4v) is 4.47. The van der Waals surface area contributed by atoms with Gasteiger partial charge in [-0.05, 0) is 58.6 Å². The van der Waals surface area contributed by atoms with Gasteiger partial charge in [-0.3, -0.25) is 0 Å². The number of fused-ring (bicyclic) bond motifs is 1. The van der Waals surface area contributed by atoms with E-state index in [1.165, 1.54) is 6.33 Å². The number of thiophene rings is 2. The smallest absolute Gasteiger partial charge is 0.256 e. The molecule has 10 heteroatoms. The summed E-state index contributed by atoms with van der Waals surface area (Å²) in [5.74, 6) is 1.61. The monoisotopic (exact) mass is 430 g/mol.